The monoisotopic (exact) mass is 328 g/mol. The number of benzene rings is 1. The van der Waals surface area contributed by atoms with Gasteiger partial charge in [0.05, 0.1) is 12.1 Å². The lowest BCUT2D eigenvalue weighted by atomic mass is 10.1. The summed E-state index contributed by atoms with van der Waals surface area (Å²) in [6, 6.07) is 8.74. The molecule has 4 nitrogen and oxygen atoms in total. The van der Waals surface area contributed by atoms with E-state index in [1.165, 1.54) is 0 Å². The van der Waals surface area contributed by atoms with Crippen LogP contribution in [0.2, 0.25) is 0 Å². The summed E-state index contributed by atoms with van der Waals surface area (Å²) in [6.45, 7) is 10.3. The van der Waals surface area contributed by atoms with Crippen molar-refractivity contribution in [1.82, 2.24) is 0 Å². The zero-order valence-corrected chi connectivity index (χ0v) is 15.2. The van der Waals surface area contributed by atoms with Crippen LogP contribution in [0.3, 0.4) is 0 Å². The van der Waals surface area contributed by atoms with Gasteiger partial charge in [0, 0.05) is 11.1 Å². The molecule has 0 saturated heterocycles. The van der Waals surface area contributed by atoms with Gasteiger partial charge < -0.3 is 9.47 Å². The Balaban J connectivity index is 1.74. The summed E-state index contributed by atoms with van der Waals surface area (Å²) in [5, 5.41) is 0. The molecular formula is C20H28N2O2. The fraction of sp³-hybridized carbons (Fsp3) is 0.600. The number of rotatable bonds is 6. The first-order valence-electron chi connectivity index (χ1n) is 9.03. The molecular weight excluding hydrogens is 300 g/mol. The van der Waals surface area contributed by atoms with Gasteiger partial charge in [0.25, 0.3) is 0 Å². The van der Waals surface area contributed by atoms with Gasteiger partial charge in [0.1, 0.15) is 13.2 Å². The van der Waals surface area contributed by atoms with Crippen molar-refractivity contribution in [3.63, 3.8) is 0 Å². The summed E-state index contributed by atoms with van der Waals surface area (Å²) < 4.78 is 11.6. The van der Waals surface area contributed by atoms with Crippen LogP contribution < -0.4 is 0 Å². The van der Waals surface area contributed by atoms with E-state index < -0.39 is 0 Å². The lowest BCUT2D eigenvalue weighted by Crippen LogP contribution is -2.09. The Morgan fingerprint density at radius 2 is 1.33 bits per heavy atom. The fourth-order valence-electron chi connectivity index (χ4n) is 3.26. The number of aliphatic imine (C=N–C) groups is 2. The number of hydrogen-bond acceptors (Lipinski definition) is 4. The van der Waals surface area contributed by atoms with Gasteiger partial charge in [-0.3, -0.25) is 0 Å². The second kappa shape index (κ2) is 7.37. The van der Waals surface area contributed by atoms with Crippen LogP contribution in [0.4, 0.5) is 0 Å². The summed E-state index contributed by atoms with van der Waals surface area (Å²) in [5.41, 5.74) is 2.02. The fourth-order valence-corrected chi connectivity index (χ4v) is 3.26. The highest BCUT2D eigenvalue weighted by Crippen LogP contribution is 2.21. The molecule has 2 heterocycles. The molecule has 0 amide bonds. The molecule has 4 heteroatoms. The molecule has 0 fully saturated rings. The molecule has 130 valence electrons. The first kappa shape index (κ1) is 17.0. The minimum atomic E-state index is 0.277. The van der Waals surface area contributed by atoms with Crippen molar-refractivity contribution in [2.24, 2.45) is 21.8 Å². The molecule has 0 bridgehead atoms. The van der Waals surface area contributed by atoms with E-state index in [1.807, 2.05) is 18.2 Å². The van der Waals surface area contributed by atoms with Gasteiger partial charge >= 0.3 is 0 Å². The highest BCUT2D eigenvalue weighted by atomic mass is 16.5. The van der Waals surface area contributed by atoms with E-state index in [0.717, 1.165) is 35.8 Å². The van der Waals surface area contributed by atoms with Crippen LogP contribution in [0, 0.1) is 11.8 Å². The lowest BCUT2D eigenvalue weighted by molar-refractivity contribution is 0.301. The molecule has 0 saturated carbocycles. The predicted molar refractivity (Wildman–Crippen MR) is 97.9 cm³/mol. The zero-order valence-electron chi connectivity index (χ0n) is 15.2. The quantitative estimate of drug-likeness (QED) is 0.790. The molecule has 2 aliphatic heterocycles. The molecule has 0 aromatic heterocycles. The van der Waals surface area contributed by atoms with Crippen LogP contribution in [-0.4, -0.2) is 37.1 Å². The van der Waals surface area contributed by atoms with Crippen LogP contribution in [0.5, 0.6) is 0 Å². The third kappa shape index (κ3) is 4.16. The zero-order chi connectivity index (χ0) is 17.1. The van der Waals surface area contributed by atoms with Crippen molar-refractivity contribution in [2.45, 2.75) is 52.6 Å². The Kier molecular flexibility index (Phi) is 5.22. The summed E-state index contributed by atoms with van der Waals surface area (Å²) in [7, 11) is 0. The lowest BCUT2D eigenvalue weighted by Gasteiger charge is -2.06. The van der Waals surface area contributed by atoms with E-state index in [4.69, 9.17) is 19.5 Å². The third-order valence-corrected chi connectivity index (χ3v) is 4.27. The van der Waals surface area contributed by atoms with Crippen LogP contribution in [0.1, 0.15) is 51.7 Å². The number of nitrogens with zero attached hydrogens (tertiary/aromatic N) is 2. The normalized spacial score (nSPS) is 23.2. The van der Waals surface area contributed by atoms with E-state index in [-0.39, 0.29) is 12.1 Å². The predicted octanol–water partition coefficient (Wildman–Crippen LogP) is 4.07. The van der Waals surface area contributed by atoms with Crippen molar-refractivity contribution in [1.29, 1.82) is 0 Å². The first-order chi connectivity index (χ1) is 11.5. The maximum absolute atomic E-state index is 5.81. The van der Waals surface area contributed by atoms with Crippen molar-refractivity contribution >= 4 is 11.8 Å². The topological polar surface area (TPSA) is 43.2 Å². The maximum atomic E-state index is 5.81. The molecule has 0 aliphatic carbocycles. The van der Waals surface area contributed by atoms with Gasteiger partial charge in [-0.15, -0.1) is 0 Å². The standard InChI is InChI=1S/C20H28N2O2/c1-13(2)8-17-11-23-19(21-17)15-6-5-7-16(10-15)20-22-18(12-24-20)9-14(3)4/h5-7,10,13-14,17-18H,8-9,11-12H2,1-4H3. The van der Waals surface area contributed by atoms with Crippen LogP contribution in [-0.2, 0) is 9.47 Å². The van der Waals surface area contributed by atoms with Crippen molar-refractivity contribution < 1.29 is 9.47 Å². The second-order valence-corrected chi connectivity index (χ2v) is 7.64. The highest BCUT2D eigenvalue weighted by molar-refractivity contribution is 6.00. The highest BCUT2D eigenvalue weighted by Gasteiger charge is 2.24. The van der Waals surface area contributed by atoms with E-state index in [2.05, 4.69) is 33.8 Å². The van der Waals surface area contributed by atoms with E-state index in [0.29, 0.717) is 25.0 Å². The second-order valence-electron chi connectivity index (χ2n) is 7.64. The van der Waals surface area contributed by atoms with Gasteiger partial charge in [-0.05, 0) is 42.9 Å². The molecule has 0 N–H and O–H groups in total. The molecule has 1 aromatic rings. The van der Waals surface area contributed by atoms with Gasteiger partial charge in [0.2, 0.25) is 11.8 Å². The Morgan fingerprint density at radius 3 is 1.75 bits per heavy atom. The van der Waals surface area contributed by atoms with E-state index in [9.17, 15) is 0 Å². The van der Waals surface area contributed by atoms with E-state index >= 15 is 0 Å². The Morgan fingerprint density at radius 1 is 0.875 bits per heavy atom. The average molecular weight is 328 g/mol. The van der Waals surface area contributed by atoms with Crippen LogP contribution >= 0.6 is 0 Å². The Bertz CT molecular complexity index is 583. The van der Waals surface area contributed by atoms with Gasteiger partial charge in [-0.25, -0.2) is 9.98 Å². The summed E-state index contributed by atoms with van der Waals surface area (Å²) in [5.74, 6) is 2.76. The molecule has 0 radical (unpaired) electrons. The van der Waals surface area contributed by atoms with Crippen LogP contribution in [0.25, 0.3) is 0 Å². The van der Waals surface area contributed by atoms with Gasteiger partial charge in [-0.1, -0.05) is 33.8 Å². The average Bonchev–Trinajstić information content (AvgIpc) is 3.16. The van der Waals surface area contributed by atoms with Crippen molar-refractivity contribution in [3.8, 4) is 0 Å². The van der Waals surface area contributed by atoms with Gasteiger partial charge in [0.15, 0.2) is 0 Å². The Hall–Kier alpha value is -1.84. The minimum Gasteiger partial charge on any atom is -0.475 e. The maximum Gasteiger partial charge on any atom is 0.216 e. The first-order valence-corrected chi connectivity index (χ1v) is 9.03. The van der Waals surface area contributed by atoms with E-state index in [1.54, 1.807) is 0 Å². The molecule has 3 rings (SSSR count). The molecule has 2 atom stereocenters. The van der Waals surface area contributed by atoms with Gasteiger partial charge in [-0.2, -0.15) is 0 Å². The minimum absolute atomic E-state index is 0.277. The molecule has 2 unspecified atom stereocenters. The summed E-state index contributed by atoms with van der Waals surface area (Å²) in [6.07, 6.45) is 2.13. The number of ether oxygens (including phenoxy) is 2. The largest absolute Gasteiger partial charge is 0.475 e. The van der Waals surface area contributed by atoms with Crippen molar-refractivity contribution in [3.05, 3.63) is 35.4 Å². The molecule has 2 aliphatic rings. The SMILES string of the molecule is CC(C)CC1COC(c2cccc(C3=NC(CC(C)C)CO3)c2)=N1. The molecule has 0 spiro atoms. The van der Waals surface area contributed by atoms with Crippen LogP contribution in [0.15, 0.2) is 34.3 Å². The summed E-state index contributed by atoms with van der Waals surface area (Å²) >= 11 is 0. The molecule has 24 heavy (non-hydrogen) atoms. The molecule has 1 aromatic carbocycles. The number of hydrogen-bond donors (Lipinski definition) is 0. The van der Waals surface area contributed by atoms with Crippen molar-refractivity contribution in [2.75, 3.05) is 13.2 Å². The Labute approximate surface area is 145 Å². The smallest absolute Gasteiger partial charge is 0.216 e. The summed E-state index contributed by atoms with van der Waals surface area (Å²) in [4.78, 5) is 9.47. The third-order valence-electron chi connectivity index (χ3n) is 4.27.